The van der Waals surface area contributed by atoms with E-state index in [1.54, 1.807) is 0 Å². The number of hydrogen-bond acceptors (Lipinski definition) is 2. The number of piperidine rings is 1. The fraction of sp³-hybridized carbons (Fsp3) is 1.00. The molecule has 0 aromatic heterocycles. The SMILES string of the molecule is NC1CCCN(CC2(C(F)F)CC2)C1. The van der Waals surface area contributed by atoms with Crippen molar-refractivity contribution in [2.24, 2.45) is 11.1 Å². The van der Waals surface area contributed by atoms with Gasteiger partial charge >= 0.3 is 0 Å². The van der Waals surface area contributed by atoms with Gasteiger partial charge in [-0.05, 0) is 32.2 Å². The van der Waals surface area contributed by atoms with Crippen molar-refractivity contribution in [2.75, 3.05) is 19.6 Å². The van der Waals surface area contributed by atoms with Crippen LogP contribution in [0.1, 0.15) is 25.7 Å². The summed E-state index contributed by atoms with van der Waals surface area (Å²) in [5, 5.41) is 0. The highest BCUT2D eigenvalue weighted by molar-refractivity contribution is 4.98. The summed E-state index contributed by atoms with van der Waals surface area (Å²) >= 11 is 0. The molecule has 1 aliphatic carbocycles. The number of alkyl halides is 2. The molecule has 1 unspecified atom stereocenters. The predicted octanol–water partition coefficient (Wildman–Crippen LogP) is 1.45. The molecule has 0 bridgehead atoms. The minimum Gasteiger partial charge on any atom is -0.327 e. The number of halogens is 2. The quantitative estimate of drug-likeness (QED) is 0.754. The van der Waals surface area contributed by atoms with Crippen LogP contribution in [0.3, 0.4) is 0 Å². The molecule has 0 aromatic rings. The van der Waals surface area contributed by atoms with Gasteiger partial charge in [0, 0.05) is 24.5 Å². The standard InChI is InChI=1S/C10H18F2N2/c11-9(12)10(3-4-10)7-14-5-1-2-8(13)6-14/h8-9H,1-7,13H2. The monoisotopic (exact) mass is 204 g/mol. The molecule has 0 aromatic carbocycles. The maximum Gasteiger partial charge on any atom is 0.245 e. The molecular formula is C10H18F2N2. The number of rotatable bonds is 3. The first-order valence-corrected chi connectivity index (χ1v) is 5.38. The van der Waals surface area contributed by atoms with Crippen molar-refractivity contribution < 1.29 is 8.78 Å². The molecular weight excluding hydrogens is 186 g/mol. The molecule has 82 valence electrons. The van der Waals surface area contributed by atoms with E-state index in [4.69, 9.17) is 5.73 Å². The largest absolute Gasteiger partial charge is 0.327 e. The minimum atomic E-state index is -2.15. The molecule has 0 radical (unpaired) electrons. The number of nitrogens with zero attached hydrogens (tertiary/aromatic N) is 1. The lowest BCUT2D eigenvalue weighted by molar-refractivity contribution is 0.0305. The van der Waals surface area contributed by atoms with Crippen molar-refractivity contribution in [1.29, 1.82) is 0 Å². The number of hydrogen-bond donors (Lipinski definition) is 1. The normalized spacial score (nSPS) is 32.1. The molecule has 2 aliphatic rings. The lowest BCUT2D eigenvalue weighted by Gasteiger charge is -2.33. The third-order valence-corrected chi connectivity index (χ3v) is 3.44. The van der Waals surface area contributed by atoms with Gasteiger partial charge in [-0.2, -0.15) is 0 Å². The van der Waals surface area contributed by atoms with Gasteiger partial charge in [0.1, 0.15) is 0 Å². The van der Waals surface area contributed by atoms with E-state index in [-0.39, 0.29) is 6.04 Å². The Morgan fingerprint density at radius 3 is 2.64 bits per heavy atom. The van der Waals surface area contributed by atoms with Gasteiger partial charge in [0.05, 0.1) is 0 Å². The van der Waals surface area contributed by atoms with Crippen LogP contribution >= 0.6 is 0 Å². The average Bonchev–Trinajstić information content (AvgIpc) is 2.85. The van der Waals surface area contributed by atoms with Crippen LogP contribution < -0.4 is 5.73 Å². The number of likely N-dealkylation sites (tertiary alicyclic amines) is 1. The molecule has 2 N–H and O–H groups in total. The second-order valence-electron chi connectivity index (χ2n) is 4.80. The Hall–Kier alpha value is -0.220. The first kappa shape index (κ1) is 10.3. The van der Waals surface area contributed by atoms with Gasteiger partial charge in [0.25, 0.3) is 0 Å². The fourth-order valence-electron chi connectivity index (χ4n) is 2.29. The molecule has 1 atom stereocenters. The topological polar surface area (TPSA) is 29.3 Å². The number of nitrogens with two attached hydrogens (primary N) is 1. The van der Waals surface area contributed by atoms with E-state index in [0.29, 0.717) is 19.4 Å². The summed E-state index contributed by atoms with van der Waals surface area (Å²) in [5.41, 5.74) is 5.14. The third kappa shape index (κ3) is 2.06. The molecule has 1 saturated carbocycles. The average molecular weight is 204 g/mol. The molecule has 1 heterocycles. The van der Waals surface area contributed by atoms with Crippen LogP contribution in [-0.2, 0) is 0 Å². The summed E-state index contributed by atoms with van der Waals surface area (Å²) in [5.74, 6) is 0. The first-order chi connectivity index (χ1) is 6.62. The van der Waals surface area contributed by atoms with Crippen LogP contribution in [0.25, 0.3) is 0 Å². The second kappa shape index (κ2) is 3.74. The van der Waals surface area contributed by atoms with E-state index >= 15 is 0 Å². The third-order valence-electron chi connectivity index (χ3n) is 3.44. The van der Waals surface area contributed by atoms with Crippen LogP contribution in [0.15, 0.2) is 0 Å². The van der Waals surface area contributed by atoms with Gasteiger partial charge in [-0.3, -0.25) is 0 Å². The van der Waals surface area contributed by atoms with Crippen LogP contribution in [0.2, 0.25) is 0 Å². The Bertz CT molecular complexity index is 204. The van der Waals surface area contributed by atoms with E-state index < -0.39 is 11.8 Å². The van der Waals surface area contributed by atoms with Crippen molar-refractivity contribution >= 4 is 0 Å². The maximum absolute atomic E-state index is 12.7. The van der Waals surface area contributed by atoms with E-state index in [1.807, 2.05) is 0 Å². The molecule has 14 heavy (non-hydrogen) atoms. The van der Waals surface area contributed by atoms with E-state index in [2.05, 4.69) is 4.90 Å². The lowest BCUT2D eigenvalue weighted by atomic mass is 10.0. The van der Waals surface area contributed by atoms with Crippen molar-refractivity contribution in [3.8, 4) is 0 Å². The Balaban J connectivity index is 1.85. The fourth-order valence-corrected chi connectivity index (χ4v) is 2.29. The molecule has 4 heteroatoms. The Morgan fingerprint density at radius 1 is 1.43 bits per heavy atom. The van der Waals surface area contributed by atoms with E-state index in [0.717, 1.165) is 25.9 Å². The molecule has 2 rings (SSSR count). The molecule has 1 aliphatic heterocycles. The Kier molecular flexibility index (Phi) is 2.75. The van der Waals surface area contributed by atoms with Gasteiger partial charge in [0.2, 0.25) is 6.43 Å². The maximum atomic E-state index is 12.7. The van der Waals surface area contributed by atoms with Crippen LogP contribution in [0.5, 0.6) is 0 Å². The van der Waals surface area contributed by atoms with Gasteiger partial charge in [0.15, 0.2) is 0 Å². The predicted molar refractivity (Wildman–Crippen MR) is 51.3 cm³/mol. The first-order valence-electron chi connectivity index (χ1n) is 5.38. The van der Waals surface area contributed by atoms with Crippen molar-refractivity contribution in [3.05, 3.63) is 0 Å². The summed E-state index contributed by atoms with van der Waals surface area (Å²) in [6, 6.07) is 0.192. The smallest absolute Gasteiger partial charge is 0.245 e. The minimum absolute atomic E-state index is 0.192. The lowest BCUT2D eigenvalue weighted by Crippen LogP contribution is -2.46. The molecule has 0 amide bonds. The zero-order chi connectivity index (χ0) is 10.2. The molecule has 2 nitrogen and oxygen atoms in total. The molecule has 1 saturated heterocycles. The molecule has 2 fully saturated rings. The zero-order valence-corrected chi connectivity index (χ0v) is 8.38. The summed E-state index contributed by atoms with van der Waals surface area (Å²) in [7, 11) is 0. The highest BCUT2D eigenvalue weighted by atomic mass is 19.3. The highest BCUT2D eigenvalue weighted by Gasteiger charge is 2.51. The zero-order valence-electron chi connectivity index (χ0n) is 8.38. The van der Waals surface area contributed by atoms with E-state index in [9.17, 15) is 8.78 Å². The summed E-state index contributed by atoms with van der Waals surface area (Å²) in [6.45, 7) is 2.30. The van der Waals surface area contributed by atoms with Crippen LogP contribution in [0.4, 0.5) is 8.78 Å². The van der Waals surface area contributed by atoms with Crippen molar-refractivity contribution in [1.82, 2.24) is 4.90 Å². The van der Waals surface area contributed by atoms with Crippen LogP contribution in [0, 0.1) is 5.41 Å². The summed E-state index contributed by atoms with van der Waals surface area (Å²) in [4.78, 5) is 2.12. The van der Waals surface area contributed by atoms with Gasteiger partial charge in [-0.1, -0.05) is 0 Å². The summed E-state index contributed by atoms with van der Waals surface area (Å²) in [6.07, 6.45) is 1.33. The van der Waals surface area contributed by atoms with Gasteiger partial charge in [-0.25, -0.2) is 8.78 Å². The Labute approximate surface area is 83.4 Å². The van der Waals surface area contributed by atoms with Crippen molar-refractivity contribution in [3.63, 3.8) is 0 Å². The van der Waals surface area contributed by atoms with Gasteiger partial charge in [-0.15, -0.1) is 0 Å². The molecule has 0 spiro atoms. The summed E-state index contributed by atoms with van der Waals surface area (Å²) < 4.78 is 25.3. The Morgan fingerprint density at radius 2 is 2.14 bits per heavy atom. The van der Waals surface area contributed by atoms with Crippen molar-refractivity contribution in [2.45, 2.75) is 38.2 Å². The second-order valence-corrected chi connectivity index (χ2v) is 4.80. The van der Waals surface area contributed by atoms with Gasteiger partial charge < -0.3 is 10.6 Å². The van der Waals surface area contributed by atoms with E-state index in [1.165, 1.54) is 0 Å². The van der Waals surface area contributed by atoms with Crippen LogP contribution in [-0.4, -0.2) is 37.0 Å². The highest BCUT2D eigenvalue weighted by Crippen LogP contribution is 2.51.